The van der Waals surface area contributed by atoms with Crippen molar-refractivity contribution in [1.82, 2.24) is 5.32 Å². The third-order valence-electron chi connectivity index (χ3n) is 4.40. The first kappa shape index (κ1) is 22.6. The van der Waals surface area contributed by atoms with Crippen LogP contribution in [0, 0.1) is 0 Å². The summed E-state index contributed by atoms with van der Waals surface area (Å²) in [6.07, 6.45) is 3.22. The highest BCUT2D eigenvalue weighted by Gasteiger charge is 2.25. The molecule has 0 saturated carbocycles. The summed E-state index contributed by atoms with van der Waals surface area (Å²) in [5.41, 5.74) is 0.819. The molecule has 2 aromatic rings. The predicted molar refractivity (Wildman–Crippen MR) is 112 cm³/mol. The Labute approximate surface area is 175 Å². The number of nitrogens with one attached hydrogen (secondary N) is 1. The van der Waals surface area contributed by atoms with Gasteiger partial charge in [0.25, 0.3) is 5.91 Å². The van der Waals surface area contributed by atoms with Crippen molar-refractivity contribution in [2.75, 3.05) is 13.7 Å². The van der Waals surface area contributed by atoms with Gasteiger partial charge < -0.3 is 19.9 Å². The lowest BCUT2D eigenvalue weighted by Gasteiger charge is -2.18. The van der Waals surface area contributed by atoms with Gasteiger partial charge in [0, 0.05) is 6.42 Å². The summed E-state index contributed by atoms with van der Waals surface area (Å²) < 4.78 is 10.4. The molecule has 0 aromatic heterocycles. The minimum Gasteiger partial charge on any atom is -0.505 e. The molecule has 0 aliphatic heterocycles. The number of hydrogen-bond acceptors (Lipinski definition) is 5. The van der Waals surface area contributed by atoms with Crippen LogP contribution in [-0.4, -0.2) is 36.7 Å². The highest BCUT2D eigenvalue weighted by atomic mass is 35.5. The SMILES string of the molecule is CCCCCOc1ccc(C(=O)N[C@@H](Cc2ccccc2)C(=O)OC)c(O)c1Cl. The first-order valence-electron chi connectivity index (χ1n) is 9.54. The molecule has 2 N–H and O–H groups in total. The second-order valence-electron chi connectivity index (χ2n) is 6.57. The summed E-state index contributed by atoms with van der Waals surface area (Å²) >= 11 is 6.16. The number of carbonyl (C=O) groups excluding carboxylic acids is 2. The molecular weight excluding hydrogens is 394 g/mol. The van der Waals surface area contributed by atoms with Crippen molar-refractivity contribution in [2.24, 2.45) is 0 Å². The van der Waals surface area contributed by atoms with E-state index in [4.69, 9.17) is 21.1 Å². The molecular formula is C22H26ClNO5. The van der Waals surface area contributed by atoms with E-state index in [1.54, 1.807) is 0 Å². The molecule has 0 bridgehead atoms. The van der Waals surface area contributed by atoms with Gasteiger partial charge in [0.05, 0.1) is 19.3 Å². The fourth-order valence-corrected chi connectivity index (χ4v) is 3.02. The Morgan fingerprint density at radius 3 is 2.52 bits per heavy atom. The van der Waals surface area contributed by atoms with Crippen molar-refractivity contribution in [3.63, 3.8) is 0 Å². The van der Waals surface area contributed by atoms with E-state index < -0.39 is 17.9 Å². The largest absolute Gasteiger partial charge is 0.505 e. The van der Waals surface area contributed by atoms with Crippen LogP contribution < -0.4 is 10.1 Å². The van der Waals surface area contributed by atoms with Crippen molar-refractivity contribution in [3.05, 3.63) is 58.6 Å². The predicted octanol–water partition coefficient (Wildman–Crippen LogP) is 4.13. The van der Waals surface area contributed by atoms with Crippen LogP contribution in [0.3, 0.4) is 0 Å². The summed E-state index contributed by atoms with van der Waals surface area (Å²) in [5.74, 6) is -1.29. The number of ether oxygens (including phenoxy) is 2. The first-order chi connectivity index (χ1) is 14.0. The van der Waals surface area contributed by atoms with E-state index in [0.29, 0.717) is 12.4 Å². The number of carbonyl (C=O) groups is 2. The average molecular weight is 420 g/mol. The Morgan fingerprint density at radius 2 is 1.86 bits per heavy atom. The minimum absolute atomic E-state index is 0.0353. The Kier molecular flexibility index (Phi) is 8.80. The van der Waals surface area contributed by atoms with E-state index in [2.05, 4.69) is 12.2 Å². The average Bonchev–Trinajstić information content (AvgIpc) is 2.73. The monoisotopic (exact) mass is 419 g/mol. The number of phenolic OH excluding ortho intramolecular Hbond substituents is 1. The summed E-state index contributed by atoms with van der Waals surface area (Å²) in [6, 6.07) is 11.3. The van der Waals surface area contributed by atoms with Crippen LogP contribution in [0.25, 0.3) is 0 Å². The molecule has 1 atom stereocenters. The van der Waals surface area contributed by atoms with Crippen LogP contribution in [0.1, 0.15) is 42.1 Å². The van der Waals surface area contributed by atoms with E-state index in [-0.39, 0.29) is 22.8 Å². The van der Waals surface area contributed by atoms with Gasteiger partial charge in [0.1, 0.15) is 16.8 Å². The molecule has 0 aliphatic carbocycles. The Morgan fingerprint density at radius 1 is 1.14 bits per heavy atom. The highest BCUT2D eigenvalue weighted by molar-refractivity contribution is 6.34. The van der Waals surface area contributed by atoms with Gasteiger partial charge in [-0.15, -0.1) is 0 Å². The van der Waals surface area contributed by atoms with Gasteiger partial charge in [0.15, 0.2) is 5.75 Å². The first-order valence-corrected chi connectivity index (χ1v) is 9.92. The number of amides is 1. The number of hydrogen-bond donors (Lipinski definition) is 2. The van der Waals surface area contributed by atoms with Gasteiger partial charge in [-0.1, -0.05) is 61.7 Å². The zero-order valence-corrected chi connectivity index (χ0v) is 17.4. The lowest BCUT2D eigenvalue weighted by atomic mass is 10.1. The number of unbranched alkanes of at least 4 members (excludes halogenated alkanes) is 2. The third-order valence-corrected chi connectivity index (χ3v) is 4.77. The molecule has 0 fully saturated rings. The number of aromatic hydroxyl groups is 1. The fourth-order valence-electron chi connectivity index (χ4n) is 2.80. The van der Waals surface area contributed by atoms with E-state index in [1.165, 1.54) is 19.2 Å². The number of esters is 1. The molecule has 6 nitrogen and oxygen atoms in total. The Hall–Kier alpha value is -2.73. The maximum Gasteiger partial charge on any atom is 0.328 e. The van der Waals surface area contributed by atoms with Crippen molar-refractivity contribution in [1.29, 1.82) is 0 Å². The molecule has 7 heteroatoms. The summed E-state index contributed by atoms with van der Waals surface area (Å²) in [5, 5.41) is 12.9. The van der Waals surface area contributed by atoms with Gasteiger partial charge in [-0.2, -0.15) is 0 Å². The minimum atomic E-state index is -0.905. The molecule has 0 heterocycles. The summed E-state index contributed by atoms with van der Waals surface area (Å²) in [7, 11) is 1.26. The number of benzene rings is 2. The van der Waals surface area contributed by atoms with Crippen LogP contribution in [0.5, 0.6) is 11.5 Å². The number of halogens is 1. The quantitative estimate of drug-likeness (QED) is 0.446. The van der Waals surface area contributed by atoms with Gasteiger partial charge in [-0.05, 0) is 24.1 Å². The maximum atomic E-state index is 12.7. The van der Waals surface area contributed by atoms with Crippen LogP contribution >= 0.6 is 11.6 Å². The number of rotatable bonds is 10. The highest BCUT2D eigenvalue weighted by Crippen LogP contribution is 2.36. The topological polar surface area (TPSA) is 84.9 Å². The summed E-state index contributed by atoms with van der Waals surface area (Å²) in [6.45, 7) is 2.56. The molecule has 2 aromatic carbocycles. The normalized spacial score (nSPS) is 11.6. The lowest BCUT2D eigenvalue weighted by Crippen LogP contribution is -2.43. The Bertz CT molecular complexity index is 825. The molecule has 29 heavy (non-hydrogen) atoms. The fraction of sp³-hybridized carbons (Fsp3) is 0.364. The Balaban J connectivity index is 2.12. The van der Waals surface area contributed by atoms with Crippen LogP contribution in [0.15, 0.2) is 42.5 Å². The second kappa shape index (κ2) is 11.3. The van der Waals surface area contributed by atoms with Gasteiger partial charge in [0.2, 0.25) is 0 Å². The van der Waals surface area contributed by atoms with Crippen molar-refractivity contribution < 1.29 is 24.2 Å². The van der Waals surface area contributed by atoms with Crippen LogP contribution in [0.4, 0.5) is 0 Å². The number of phenols is 1. The van der Waals surface area contributed by atoms with Crippen molar-refractivity contribution >= 4 is 23.5 Å². The zero-order valence-electron chi connectivity index (χ0n) is 16.6. The molecule has 0 aliphatic rings. The van der Waals surface area contributed by atoms with Crippen LogP contribution in [0.2, 0.25) is 5.02 Å². The summed E-state index contributed by atoms with van der Waals surface area (Å²) in [4.78, 5) is 24.8. The van der Waals surface area contributed by atoms with Gasteiger partial charge in [-0.3, -0.25) is 4.79 Å². The molecule has 156 valence electrons. The van der Waals surface area contributed by atoms with E-state index in [0.717, 1.165) is 24.8 Å². The molecule has 1 amide bonds. The van der Waals surface area contributed by atoms with Gasteiger partial charge >= 0.3 is 5.97 Å². The van der Waals surface area contributed by atoms with Crippen LogP contribution in [-0.2, 0) is 16.0 Å². The van der Waals surface area contributed by atoms with E-state index in [9.17, 15) is 14.7 Å². The zero-order chi connectivity index (χ0) is 21.2. The molecule has 0 unspecified atom stereocenters. The molecule has 2 rings (SSSR count). The van der Waals surface area contributed by atoms with E-state index in [1.807, 2.05) is 30.3 Å². The molecule has 0 spiro atoms. The number of methoxy groups -OCH3 is 1. The third kappa shape index (κ3) is 6.39. The molecule has 0 radical (unpaired) electrons. The van der Waals surface area contributed by atoms with Crippen molar-refractivity contribution in [2.45, 2.75) is 38.6 Å². The second-order valence-corrected chi connectivity index (χ2v) is 6.95. The maximum absolute atomic E-state index is 12.7. The smallest absolute Gasteiger partial charge is 0.328 e. The standard InChI is InChI=1S/C22H26ClNO5/c1-3-4-8-13-29-18-12-11-16(20(25)19(18)23)21(26)24-17(22(27)28-2)14-15-9-6-5-7-10-15/h5-7,9-12,17,25H,3-4,8,13-14H2,1-2H3,(H,24,26)/t17-/m0/s1. The lowest BCUT2D eigenvalue weighted by molar-refractivity contribution is -0.142. The van der Waals surface area contributed by atoms with Crippen molar-refractivity contribution in [3.8, 4) is 11.5 Å². The van der Waals surface area contributed by atoms with E-state index >= 15 is 0 Å². The molecule has 0 saturated heterocycles. The van der Waals surface area contributed by atoms with Gasteiger partial charge in [-0.25, -0.2) is 4.79 Å².